The molecule has 0 aliphatic rings. The van der Waals surface area contributed by atoms with Crippen molar-refractivity contribution >= 4 is 11.9 Å². The van der Waals surface area contributed by atoms with Crippen LogP contribution < -0.4 is 4.74 Å². The average Bonchev–Trinajstić information content (AvgIpc) is 2.70. The Hall–Kier alpha value is -3.54. The summed E-state index contributed by atoms with van der Waals surface area (Å²) >= 11 is 0. The molecule has 0 aliphatic heterocycles. The first-order valence-electron chi connectivity index (χ1n) is 8.15. The summed E-state index contributed by atoms with van der Waals surface area (Å²) in [5.74, 6) is -2.24. The molecule has 0 saturated heterocycles. The Bertz CT molecular complexity index is 973. The molecule has 5 nitrogen and oxygen atoms in total. The van der Waals surface area contributed by atoms with Crippen molar-refractivity contribution in [2.45, 2.75) is 6.42 Å². The highest BCUT2D eigenvalue weighted by Crippen LogP contribution is 2.22. The van der Waals surface area contributed by atoms with E-state index in [0.29, 0.717) is 5.56 Å². The van der Waals surface area contributed by atoms with Gasteiger partial charge in [0.2, 0.25) is 0 Å². The van der Waals surface area contributed by atoms with Crippen LogP contribution in [0, 0.1) is 5.82 Å². The van der Waals surface area contributed by atoms with Crippen molar-refractivity contribution < 1.29 is 23.5 Å². The summed E-state index contributed by atoms with van der Waals surface area (Å²) in [6, 6.07) is 16.8. The summed E-state index contributed by atoms with van der Waals surface area (Å²) in [5.41, 5.74) is 2.21. The largest absolute Gasteiger partial charge is 0.469 e. The first-order chi connectivity index (χ1) is 13.1. The van der Waals surface area contributed by atoms with E-state index in [9.17, 15) is 14.0 Å². The molecule has 0 N–H and O–H groups in total. The Morgan fingerprint density at radius 1 is 1.00 bits per heavy atom. The average molecular weight is 365 g/mol. The number of ether oxygens (including phenoxy) is 2. The smallest absolute Gasteiger partial charge is 0.362 e. The molecule has 1 heterocycles. The Balaban J connectivity index is 1.77. The molecule has 0 radical (unpaired) electrons. The topological polar surface area (TPSA) is 65.5 Å². The maximum atomic E-state index is 14.2. The van der Waals surface area contributed by atoms with Crippen LogP contribution in [-0.4, -0.2) is 24.0 Å². The fraction of sp³-hybridized carbons (Fsp3) is 0.0952. The standard InChI is InChI=1S/C21H16FNO4/c1-26-20(24)12-14-7-8-19(17(22)11-14)27-21(25)18-13-16(9-10-23-18)15-5-3-2-4-6-15/h2-11,13H,12H2,1H3. The number of esters is 2. The van der Waals surface area contributed by atoms with Crippen LogP contribution >= 0.6 is 0 Å². The van der Waals surface area contributed by atoms with Crippen LogP contribution in [0.4, 0.5) is 4.39 Å². The lowest BCUT2D eigenvalue weighted by Crippen LogP contribution is -2.12. The molecule has 0 amide bonds. The van der Waals surface area contributed by atoms with Crippen molar-refractivity contribution in [2.75, 3.05) is 7.11 Å². The zero-order valence-corrected chi connectivity index (χ0v) is 14.5. The lowest BCUT2D eigenvalue weighted by molar-refractivity contribution is -0.139. The maximum absolute atomic E-state index is 14.2. The van der Waals surface area contributed by atoms with Crippen molar-refractivity contribution in [3.05, 3.63) is 83.9 Å². The van der Waals surface area contributed by atoms with E-state index in [1.807, 2.05) is 30.3 Å². The molecule has 0 atom stereocenters. The van der Waals surface area contributed by atoms with Crippen LogP contribution in [0.25, 0.3) is 11.1 Å². The zero-order chi connectivity index (χ0) is 19.2. The third-order valence-corrected chi connectivity index (χ3v) is 3.85. The predicted octanol–water partition coefficient (Wildman–Crippen LogP) is 3.82. The van der Waals surface area contributed by atoms with Crippen LogP contribution in [0.3, 0.4) is 0 Å². The van der Waals surface area contributed by atoms with Crippen molar-refractivity contribution in [1.29, 1.82) is 0 Å². The molecule has 0 fully saturated rings. The van der Waals surface area contributed by atoms with Crippen molar-refractivity contribution in [1.82, 2.24) is 4.98 Å². The van der Waals surface area contributed by atoms with Gasteiger partial charge >= 0.3 is 11.9 Å². The lowest BCUT2D eigenvalue weighted by Gasteiger charge is -2.08. The molecule has 0 aliphatic carbocycles. The summed E-state index contributed by atoms with van der Waals surface area (Å²) < 4.78 is 23.8. The molecule has 136 valence electrons. The molecule has 0 bridgehead atoms. The normalized spacial score (nSPS) is 10.3. The van der Waals surface area contributed by atoms with Crippen molar-refractivity contribution in [2.24, 2.45) is 0 Å². The molecule has 1 aromatic heterocycles. The van der Waals surface area contributed by atoms with Gasteiger partial charge in [-0.25, -0.2) is 14.2 Å². The van der Waals surface area contributed by atoms with E-state index in [1.165, 1.54) is 25.4 Å². The van der Waals surface area contributed by atoms with Gasteiger partial charge in [0.1, 0.15) is 5.69 Å². The van der Waals surface area contributed by atoms with Gasteiger partial charge in [-0.15, -0.1) is 0 Å². The van der Waals surface area contributed by atoms with Gasteiger partial charge < -0.3 is 9.47 Å². The van der Waals surface area contributed by atoms with E-state index in [-0.39, 0.29) is 17.9 Å². The second kappa shape index (κ2) is 8.23. The first-order valence-corrected chi connectivity index (χ1v) is 8.15. The van der Waals surface area contributed by atoms with Crippen molar-refractivity contribution in [3.8, 4) is 16.9 Å². The molecule has 0 saturated carbocycles. The third-order valence-electron chi connectivity index (χ3n) is 3.85. The van der Waals surface area contributed by atoms with Crippen LogP contribution in [0.15, 0.2) is 66.9 Å². The van der Waals surface area contributed by atoms with Gasteiger partial charge in [-0.2, -0.15) is 0 Å². The molecule has 2 aromatic carbocycles. The van der Waals surface area contributed by atoms with Gasteiger partial charge in [0, 0.05) is 6.20 Å². The molecular weight excluding hydrogens is 349 g/mol. The van der Waals surface area contributed by atoms with Gasteiger partial charge in [0.05, 0.1) is 13.5 Å². The quantitative estimate of drug-likeness (QED) is 0.508. The zero-order valence-electron chi connectivity index (χ0n) is 14.5. The molecule has 3 rings (SSSR count). The van der Waals surface area contributed by atoms with Gasteiger partial charge in [-0.05, 0) is 41.0 Å². The number of aromatic nitrogens is 1. The first kappa shape index (κ1) is 18.3. The summed E-state index contributed by atoms with van der Waals surface area (Å²) in [6.45, 7) is 0. The van der Waals surface area contributed by atoms with Crippen LogP contribution in [0.2, 0.25) is 0 Å². The van der Waals surface area contributed by atoms with Crippen LogP contribution in [-0.2, 0) is 16.0 Å². The van der Waals surface area contributed by atoms with Crippen LogP contribution in [0.1, 0.15) is 16.1 Å². The Kier molecular flexibility index (Phi) is 5.56. The number of pyridine rings is 1. The summed E-state index contributed by atoms with van der Waals surface area (Å²) in [4.78, 5) is 27.6. The van der Waals surface area contributed by atoms with E-state index in [2.05, 4.69) is 9.72 Å². The third kappa shape index (κ3) is 4.55. The van der Waals surface area contributed by atoms with Gasteiger partial charge in [-0.1, -0.05) is 36.4 Å². The van der Waals surface area contributed by atoms with E-state index in [1.54, 1.807) is 12.1 Å². The van der Waals surface area contributed by atoms with E-state index < -0.39 is 17.8 Å². The second-order valence-electron chi connectivity index (χ2n) is 5.70. The highest BCUT2D eigenvalue weighted by molar-refractivity contribution is 5.90. The van der Waals surface area contributed by atoms with Crippen LogP contribution in [0.5, 0.6) is 5.75 Å². The molecule has 6 heteroatoms. The highest BCUT2D eigenvalue weighted by Gasteiger charge is 2.15. The van der Waals surface area contributed by atoms with Gasteiger partial charge in [-0.3, -0.25) is 4.79 Å². The Morgan fingerprint density at radius 3 is 2.48 bits per heavy atom. The lowest BCUT2D eigenvalue weighted by atomic mass is 10.1. The molecular formula is C21H16FNO4. The number of halogens is 1. The minimum atomic E-state index is -0.771. The maximum Gasteiger partial charge on any atom is 0.362 e. The number of benzene rings is 2. The van der Waals surface area contributed by atoms with E-state index >= 15 is 0 Å². The highest BCUT2D eigenvalue weighted by atomic mass is 19.1. The summed E-state index contributed by atoms with van der Waals surface area (Å²) in [6.07, 6.45) is 1.43. The Labute approximate surface area is 155 Å². The fourth-order valence-corrected chi connectivity index (χ4v) is 2.48. The number of nitrogens with zero attached hydrogens (tertiary/aromatic N) is 1. The number of hydrogen-bond acceptors (Lipinski definition) is 5. The number of hydrogen-bond donors (Lipinski definition) is 0. The molecule has 0 unspecified atom stereocenters. The summed E-state index contributed by atoms with van der Waals surface area (Å²) in [5, 5.41) is 0. The number of rotatable bonds is 5. The minimum Gasteiger partial charge on any atom is -0.469 e. The van der Waals surface area contributed by atoms with Gasteiger partial charge in [0.25, 0.3) is 0 Å². The van der Waals surface area contributed by atoms with Crippen molar-refractivity contribution in [3.63, 3.8) is 0 Å². The Morgan fingerprint density at radius 2 is 1.78 bits per heavy atom. The van der Waals surface area contributed by atoms with Gasteiger partial charge in [0.15, 0.2) is 11.6 Å². The molecule has 0 spiro atoms. The predicted molar refractivity (Wildman–Crippen MR) is 96.8 cm³/mol. The monoisotopic (exact) mass is 365 g/mol. The fourth-order valence-electron chi connectivity index (χ4n) is 2.48. The number of carbonyl (C=O) groups is 2. The van der Waals surface area contributed by atoms with E-state index in [0.717, 1.165) is 17.2 Å². The second-order valence-corrected chi connectivity index (χ2v) is 5.70. The minimum absolute atomic E-state index is 0.0643. The molecule has 3 aromatic rings. The SMILES string of the molecule is COC(=O)Cc1ccc(OC(=O)c2cc(-c3ccccc3)ccn2)c(F)c1. The summed E-state index contributed by atoms with van der Waals surface area (Å²) in [7, 11) is 1.26. The number of methoxy groups -OCH3 is 1. The number of carbonyl (C=O) groups excluding carboxylic acids is 2. The molecule has 27 heavy (non-hydrogen) atoms. The van der Waals surface area contributed by atoms with E-state index in [4.69, 9.17) is 4.74 Å².